The second kappa shape index (κ2) is 7.72. The van der Waals surface area contributed by atoms with E-state index < -0.39 is 11.7 Å². The van der Waals surface area contributed by atoms with Crippen LogP contribution in [0, 0.1) is 0 Å². The number of benzene rings is 1. The average Bonchev–Trinajstić information content (AvgIpc) is 2.52. The van der Waals surface area contributed by atoms with Crippen LogP contribution in [0.2, 0.25) is 10.0 Å². The lowest BCUT2D eigenvalue weighted by Gasteiger charge is -2.11. The summed E-state index contributed by atoms with van der Waals surface area (Å²) in [7, 11) is 0. The average molecular weight is 378 g/mol. The third-order valence-corrected chi connectivity index (χ3v) is 3.61. The number of rotatable bonds is 5. The van der Waals surface area contributed by atoms with Crippen molar-refractivity contribution in [1.29, 1.82) is 0 Å². The van der Waals surface area contributed by atoms with Gasteiger partial charge in [-0.25, -0.2) is 4.98 Å². The summed E-state index contributed by atoms with van der Waals surface area (Å²) >= 11 is 11.7. The molecule has 1 amide bonds. The van der Waals surface area contributed by atoms with Crippen LogP contribution in [0.5, 0.6) is 0 Å². The van der Waals surface area contributed by atoms with E-state index >= 15 is 0 Å². The number of nitrogens with one attached hydrogen (secondary N) is 2. The highest BCUT2D eigenvalue weighted by molar-refractivity contribution is 6.34. The van der Waals surface area contributed by atoms with Gasteiger partial charge < -0.3 is 10.6 Å². The second-order valence-electron chi connectivity index (χ2n) is 4.71. The van der Waals surface area contributed by atoms with Crippen molar-refractivity contribution in [3.63, 3.8) is 0 Å². The minimum absolute atomic E-state index is 0.108. The number of carbonyl (C=O) groups is 1. The van der Waals surface area contributed by atoms with E-state index in [9.17, 15) is 18.0 Å². The largest absolute Gasteiger partial charge is 0.417 e. The van der Waals surface area contributed by atoms with Crippen LogP contribution in [-0.4, -0.2) is 24.0 Å². The van der Waals surface area contributed by atoms with Gasteiger partial charge in [0.15, 0.2) is 0 Å². The summed E-state index contributed by atoms with van der Waals surface area (Å²) in [5.74, 6) is -0.245. The Balaban J connectivity index is 1.87. The van der Waals surface area contributed by atoms with Crippen LogP contribution < -0.4 is 10.6 Å². The van der Waals surface area contributed by atoms with Gasteiger partial charge in [0.05, 0.1) is 21.2 Å². The number of hydrogen-bond donors (Lipinski definition) is 2. The summed E-state index contributed by atoms with van der Waals surface area (Å²) < 4.78 is 37.5. The van der Waals surface area contributed by atoms with Crippen molar-refractivity contribution < 1.29 is 18.0 Å². The maximum Gasteiger partial charge on any atom is 0.417 e. The Morgan fingerprint density at radius 1 is 1.12 bits per heavy atom. The smallest absolute Gasteiger partial charge is 0.367 e. The lowest BCUT2D eigenvalue weighted by atomic mass is 10.2. The van der Waals surface area contributed by atoms with Crippen LogP contribution in [0.4, 0.5) is 19.0 Å². The molecule has 0 atom stereocenters. The predicted molar refractivity (Wildman–Crippen MR) is 86.5 cm³/mol. The Hall–Kier alpha value is -1.99. The van der Waals surface area contributed by atoms with Gasteiger partial charge in [-0.05, 0) is 18.2 Å². The Kier molecular flexibility index (Phi) is 5.90. The van der Waals surface area contributed by atoms with Gasteiger partial charge in [-0.1, -0.05) is 35.3 Å². The molecule has 4 nitrogen and oxygen atoms in total. The fourth-order valence-electron chi connectivity index (χ4n) is 1.82. The lowest BCUT2D eigenvalue weighted by Crippen LogP contribution is -2.29. The van der Waals surface area contributed by atoms with E-state index in [0.29, 0.717) is 16.8 Å². The van der Waals surface area contributed by atoms with Crippen LogP contribution in [0.15, 0.2) is 36.5 Å². The van der Waals surface area contributed by atoms with E-state index in [4.69, 9.17) is 23.2 Å². The van der Waals surface area contributed by atoms with Crippen molar-refractivity contribution in [2.75, 3.05) is 18.4 Å². The highest BCUT2D eigenvalue weighted by Gasteiger charge is 2.31. The Bertz CT molecular complexity index is 738. The van der Waals surface area contributed by atoms with E-state index in [1.165, 1.54) is 0 Å². The van der Waals surface area contributed by atoms with E-state index in [-0.39, 0.29) is 29.8 Å². The SMILES string of the molecule is O=C(NCCNc1ncc(C(F)(F)F)cc1Cl)c1ccccc1Cl. The Labute approximate surface area is 146 Å². The van der Waals surface area contributed by atoms with E-state index in [0.717, 1.165) is 6.07 Å². The number of nitrogens with zero attached hydrogens (tertiary/aromatic N) is 1. The predicted octanol–water partition coefficient (Wildman–Crippen LogP) is 4.25. The summed E-state index contributed by atoms with van der Waals surface area (Å²) in [5, 5.41) is 5.56. The number of carbonyl (C=O) groups excluding carboxylic acids is 1. The van der Waals surface area contributed by atoms with Gasteiger partial charge in [-0.3, -0.25) is 4.79 Å². The third kappa shape index (κ3) is 4.75. The quantitative estimate of drug-likeness (QED) is 0.765. The molecular formula is C15H12Cl2F3N3O. The van der Waals surface area contributed by atoms with Crippen molar-refractivity contribution in [3.05, 3.63) is 57.7 Å². The molecule has 1 heterocycles. The maximum absolute atomic E-state index is 12.5. The number of hydrogen-bond acceptors (Lipinski definition) is 3. The fraction of sp³-hybridized carbons (Fsp3) is 0.200. The summed E-state index contributed by atoms with van der Waals surface area (Å²) in [6.45, 7) is 0.442. The first-order valence-corrected chi connectivity index (χ1v) is 7.54. The molecule has 0 aliphatic rings. The molecule has 0 fully saturated rings. The topological polar surface area (TPSA) is 54.0 Å². The molecule has 2 rings (SSSR count). The highest BCUT2D eigenvalue weighted by Crippen LogP contribution is 2.32. The number of alkyl halides is 3. The number of pyridine rings is 1. The van der Waals surface area contributed by atoms with Crippen LogP contribution in [0.3, 0.4) is 0 Å². The minimum atomic E-state index is -4.50. The Morgan fingerprint density at radius 3 is 2.46 bits per heavy atom. The van der Waals surface area contributed by atoms with Crippen molar-refractivity contribution in [1.82, 2.24) is 10.3 Å². The molecule has 0 radical (unpaired) electrons. The molecule has 0 unspecified atom stereocenters. The number of halogens is 5. The van der Waals surface area contributed by atoms with Crippen LogP contribution in [-0.2, 0) is 6.18 Å². The molecular weight excluding hydrogens is 366 g/mol. The lowest BCUT2D eigenvalue weighted by molar-refractivity contribution is -0.137. The van der Waals surface area contributed by atoms with Gasteiger partial charge in [0.1, 0.15) is 5.82 Å². The van der Waals surface area contributed by atoms with Crippen LogP contribution >= 0.6 is 23.2 Å². The molecule has 0 bridgehead atoms. The molecule has 2 N–H and O–H groups in total. The monoisotopic (exact) mass is 377 g/mol. The first-order chi connectivity index (χ1) is 11.3. The summed E-state index contributed by atoms with van der Waals surface area (Å²) in [6, 6.07) is 7.36. The molecule has 0 saturated carbocycles. The number of anilines is 1. The zero-order chi connectivity index (χ0) is 17.7. The fourth-order valence-corrected chi connectivity index (χ4v) is 2.28. The van der Waals surface area contributed by atoms with E-state index in [1.54, 1.807) is 24.3 Å². The van der Waals surface area contributed by atoms with Crippen LogP contribution in [0.1, 0.15) is 15.9 Å². The molecule has 0 aliphatic carbocycles. The minimum Gasteiger partial charge on any atom is -0.367 e. The molecule has 1 aromatic heterocycles. The van der Waals surface area contributed by atoms with Crippen molar-refractivity contribution in [3.8, 4) is 0 Å². The number of aromatic nitrogens is 1. The molecule has 9 heteroatoms. The zero-order valence-electron chi connectivity index (χ0n) is 12.1. The van der Waals surface area contributed by atoms with Crippen LogP contribution in [0.25, 0.3) is 0 Å². The molecule has 1 aromatic carbocycles. The van der Waals surface area contributed by atoms with E-state index in [1.807, 2.05) is 0 Å². The molecule has 0 spiro atoms. The molecule has 24 heavy (non-hydrogen) atoms. The first-order valence-electron chi connectivity index (χ1n) is 6.78. The van der Waals surface area contributed by atoms with Gasteiger partial charge in [-0.15, -0.1) is 0 Å². The molecule has 128 valence electrons. The van der Waals surface area contributed by atoms with Crippen molar-refractivity contribution >= 4 is 34.9 Å². The van der Waals surface area contributed by atoms with Crippen molar-refractivity contribution in [2.24, 2.45) is 0 Å². The molecule has 0 saturated heterocycles. The zero-order valence-corrected chi connectivity index (χ0v) is 13.6. The normalized spacial score (nSPS) is 11.2. The van der Waals surface area contributed by atoms with Gasteiger partial charge >= 0.3 is 6.18 Å². The van der Waals surface area contributed by atoms with Crippen molar-refractivity contribution in [2.45, 2.75) is 6.18 Å². The summed E-state index contributed by atoms with van der Waals surface area (Å²) in [6.07, 6.45) is -3.81. The standard InChI is InChI=1S/C15H12Cl2F3N3O/c16-11-4-2-1-3-10(11)14(24)22-6-5-21-13-12(17)7-9(8-23-13)15(18,19)20/h1-4,7-8H,5-6H2,(H,21,23)(H,22,24). The number of amides is 1. The summed E-state index contributed by atoms with van der Waals surface area (Å²) in [4.78, 5) is 15.5. The van der Waals surface area contributed by atoms with Gasteiger partial charge in [0.25, 0.3) is 5.91 Å². The molecule has 0 aliphatic heterocycles. The van der Waals surface area contributed by atoms with Gasteiger partial charge in [-0.2, -0.15) is 13.2 Å². The maximum atomic E-state index is 12.5. The highest BCUT2D eigenvalue weighted by atomic mass is 35.5. The van der Waals surface area contributed by atoms with Gasteiger partial charge in [0, 0.05) is 19.3 Å². The second-order valence-corrected chi connectivity index (χ2v) is 5.53. The third-order valence-electron chi connectivity index (χ3n) is 2.99. The Morgan fingerprint density at radius 2 is 1.83 bits per heavy atom. The van der Waals surface area contributed by atoms with Gasteiger partial charge in [0.2, 0.25) is 0 Å². The summed E-state index contributed by atoms with van der Waals surface area (Å²) in [5.41, 5.74) is -0.588. The first kappa shape index (κ1) is 18.4. The van der Waals surface area contributed by atoms with E-state index in [2.05, 4.69) is 15.6 Å². The molecule has 2 aromatic rings.